The number of hydrogen-bond acceptors (Lipinski definition) is 2. The average molecular weight is 380 g/mol. The van der Waals surface area contributed by atoms with E-state index < -0.39 is 0 Å². The molecule has 3 nitrogen and oxygen atoms in total. The van der Waals surface area contributed by atoms with Crippen molar-refractivity contribution in [1.82, 2.24) is 0 Å². The largest absolute Gasteiger partial charge is 0.488 e. The van der Waals surface area contributed by atoms with Crippen LogP contribution < -0.4 is 10.1 Å². The van der Waals surface area contributed by atoms with Gasteiger partial charge in [-0.1, -0.05) is 61.8 Å². The molecule has 0 saturated carbocycles. The maximum absolute atomic E-state index is 12.7. The molecule has 1 N–H and O–H groups in total. The summed E-state index contributed by atoms with van der Waals surface area (Å²) in [5.74, 6) is 0.805. The summed E-state index contributed by atoms with van der Waals surface area (Å²) in [5, 5.41) is 3.62. The fraction of sp³-hybridized carbons (Fsp3) is 0.174. The monoisotopic (exact) mass is 379 g/mol. The number of benzene rings is 3. The quantitative estimate of drug-likeness (QED) is 0.546. The van der Waals surface area contributed by atoms with E-state index in [1.807, 2.05) is 60.7 Å². The minimum atomic E-state index is -0.195. The molecular weight excluding hydrogens is 358 g/mol. The zero-order valence-corrected chi connectivity index (χ0v) is 16.2. The van der Waals surface area contributed by atoms with E-state index in [0.29, 0.717) is 28.9 Å². The molecule has 0 radical (unpaired) electrons. The number of amides is 1. The third-order valence-electron chi connectivity index (χ3n) is 4.27. The first kappa shape index (κ1) is 19.0. The number of nitrogens with one attached hydrogen (secondary N) is 1. The van der Waals surface area contributed by atoms with Gasteiger partial charge in [-0.3, -0.25) is 4.79 Å². The van der Waals surface area contributed by atoms with Crippen LogP contribution in [-0.4, -0.2) is 5.91 Å². The lowest BCUT2D eigenvalue weighted by atomic mass is 10.0. The summed E-state index contributed by atoms with van der Waals surface area (Å²) in [6, 6.07) is 22.6. The standard InChI is InChI=1S/C23H22ClNO2/c1-16(2)18-9-13-20(14-10-18)25-23(26)21-5-3-4-6-22(21)27-15-17-7-11-19(24)12-8-17/h3-14,16H,15H2,1-2H3,(H,25,26). The van der Waals surface area contributed by atoms with Crippen LogP contribution in [0.3, 0.4) is 0 Å². The molecule has 0 bridgehead atoms. The Bertz CT molecular complexity index is 902. The molecule has 3 rings (SSSR count). The van der Waals surface area contributed by atoms with Crippen LogP contribution >= 0.6 is 11.6 Å². The number of carbonyl (C=O) groups is 1. The van der Waals surface area contributed by atoms with Gasteiger partial charge in [-0.15, -0.1) is 0 Å². The topological polar surface area (TPSA) is 38.3 Å². The lowest BCUT2D eigenvalue weighted by Crippen LogP contribution is -2.13. The Morgan fingerprint density at radius 2 is 1.63 bits per heavy atom. The van der Waals surface area contributed by atoms with Gasteiger partial charge < -0.3 is 10.1 Å². The van der Waals surface area contributed by atoms with Gasteiger partial charge in [0, 0.05) is 10.7 Å². The van der Waals surface area contributed by atoms with E-state index in [-0.39, 0.29) is 5.91 Å². The molecule has 3 aromatic carbocycles. The fourth-order valence-corrected chi connectivity index (χ4v) is 2.80. The first-order valence-corrected chi connectivity index (χ1v) is 9.28. The second-order valence-electron chi connectivity index (χ2n) is 6.64. The highest BCUT2D eigenvalue weighted by Gasteiger charge is 2.13. The van der Waals surface area contributed by atoms with Gasteiger partial charge in [-0.05, 0) is 53.4 Å². The Morgan fingerprint density at radius 3 is 2.30 bits per heavy atom. The van der Waals surface area contributed by atoms with Crippen molar-refractivity contribution < 1.29 is 9.53 Å². The van der Waals surface area contributed by atoms with Gasteiger partial charge in [-0.25, -0.2) is 0 Å². The molecule has 0 aliphatic carbocycles. The number of hydrogen-bond donors (Lipinski definition) is 1. The van der Waals surface area contributed by atoms with Gasteiger partial charge in [-0.2, -0.15) is 0 Å². The number of para-hydroxylation sites is 1. The molecule has 0 atom stereocenters. The van der Waals surface area contributed by atoms with Crippen molar-refractivity contribution in [3.8, 4) is 5.75 Å². The summed E-state index contributed by atoms with van der Waals surface area (Å²) in [7, 11) is 0. The Hall–Kier alpha value is -2.78. The van der Waals surface area contributed by atoms with Crippen LogP contribution in [0.2, 0.25) is 5.02 Å². The van der Waals surface area contributed by atoms with Crippen molar-refractivity contribution in [2.75, 3.05) is 5.32 Å². The SMILES string of the molecule is CC(C)c1ccc(NC(=O)c2ccccc2OCc2ccc(Cl)cc2)cc1. The molecule has 0 aliphatic heterocycles. The summed E-state index contributed by atoms with van der Waals surface area (Å²) in [5.41, 5.74) is 3.48. The molecule has 0 unspecified atom stereocenters. The number of ether oxygens (including phenoxy) is 1. The highest BCUT2D eigenvalue weighted by atomic mass is 35.5. The van der Waals surface area contributed by atoms with E-state index in [2.05, 4.69) is 19.2 Å². The van der Waals surface area contributed by atoms with Crippen molar-refractivity contribution in [3.63, 3.8) is 0 Å². The molecule has 138 valence electrons. The Balaban J connectivity index is 1.70. The third-order valence-corrected chi connectivity index (χ3v) is 4.53. The molecule has 0 heterocycles. The number of rotatable bonds is 6. The lowest BCUT2D eigenvalue weighted by Gasteiger charge is -2.12. The van der Waals surface area contributed by atoms with E-state index in [9.17, 15) is 4.79 Å². The molecule has 3 aromatic rings. The van der Waals surface area contributed by atoms with E-state index >= 15 is 0 Å². The second kappa shape index (κ2) is 8.74. The van der Waals surface area contributed by atoms with Crippen LogP contribution in [0.15, 0.2) is 72.8 Å². The lowest BCUT2D eigenvalue weighted by molar-refractivity contribution is 0.102. The summed E-state index contributed by atoms with van der Waals surface area (Å²) < 4.78 is 5.87. The Kier molecular flexibility index (Phi) is 6.15. The second-order valence-corrected chi connectivity index (χ2v) is 7.08. The zero-order valence-electron chi connectivity index (χ0n) is 15.4. The highest BCUT2D eigenvalue weighted by Crippen LogP contribution is 2.22. The van der Waals surface area contributed by atoms with Crippen LogP contribution in [0.1, 0.15) is 41.3 Å². The third kappa shape index (κ3) is 5.11. The minimum Gasteiger partial charge on any atom is -0.488 e. The van der Waals surface area contributed by atoms with Crippen LogP contribution in [-0.2, 0) is 6.61 Å². The summed E-state index contributed by atoms with van der Waals surface area (Å²) in [6.07, 6.45) is 0. The van der Waals surface area contributed by atoms with Gasteiger partial charge in [0.15, 0.2) is 0 Å². The average Bonchev–Trinajstić information content (AvgIpc) is 2.68. The molecule has 0 aliphatic rings. The van der Waals surface area contributed by atoms with Crippen molar-refractivity contribution in [2.24, 2.45) is 0 Å². The molecule has 0 aromatic heterocycles. The summed E-state index contributed by atoms with van der Waals surface area (Å²) in [6.45, 7) is 4.65. The van der Waals surface area contributed by atoms with E-state index in [4.69, 9.17) is 16.3 Å². The van der Waals surface area contributed by atoms with Crippen molar-refractivity contribution in [2.45, 2.75) is 26.4 Å². The van der Waals surface area contributed by atoms with Crippen molar-refractivity contribution >= 4 is 23.2 Å². The molecule has 4 heteroatoms. The van der Waals surface area contributed by atoms with Crippen molar-refractivity contribution in [1.29, 1.82) is 0 Å². The van der Waals surface area contributed by atoms with Crippen LogP contribution in [0.5, 0.6) is 5.75 Å². The predicted octanol–water partition coefficient (Wildman–Crippen LogP) is 6.29. The van der Waals surface area contributed by atoms with Gasteiger partial charge in [0.05, 0.1) is 5.56 Å². The fourth-order valence-electron chi connectivity index (χ4n) is 2.67. The van der Waals surface area contributed by atoms with E-state index in [1.54, 1.807) is 12.1 Å². The van der Waals surface area contributed by atoms with E-state index in [1.165, 1.54) is 5.56 Å². The highest BCUT2D eigenvalue weighted by molar-refractivity contribution is 6.30. The normalized spacial score (nSPS) is 10.7. The van der Waals surface area contributed by atoms with E-state index in [0.717, 1.165) is 11.3 Å². The molecule has 1 amide bonds. The Morgan fingerprint density at radius 1 is 0.963 bits per heavy atom. The molecular formula is C23H22ClNO2. The zero-order chi connectivity index (χ0) is 19.2. The number of anilines is 1. The Labute approximate surface area is 164 Å². The molecule has 0 saturated heterocycles. The van der Waals surface area contributed by atoms with Gasteiger partial charge >= 0.3 is 0 Å². The van der Waals surface area contributed by atoms with Crippen LogP contribution in [0.25, 0.3) is 0 Å². The first-order chi connectivity index (χ1) is 13.0. The van der Waals surface area contributed by atoms with Crippen LogP contribution in [0.4, 0.5) is 5.69 Å². The van der Waals surface area contributed by atoms with Crippen molar-refractivity contribution in [3.05, 3.63) is 94.5 Å². The molecule has 0 spiro atoms. The van der Waals surface area contributed by atoms with Crippen LogP contribution in [0, 0.1) is 0 Å². The number of carbonyl (C=O) groups excluding carboxylic acids is 1. The summed E-state index contributed by atoms with van der Waals surface area (Å²) in [4.78, 5) is 12.7. The van der Waals surface area contributed by atoms with Gasteiger partial charge in [0.25, 0.3) is 5.91 Å². The smallest absolute Gasteiger partial charge is 0.259 e. The maximum Gasteiger partial charge on any atom is 0.259 e. The first-order valence-electron chi connectivity index (χ1n) is 8.90. The molecule has 27 heavy (non-hydrogen) atoms. The van der Waals surface area contributed by atoms with Gasteiger partial charge in [0.1, 0.15) is 12.4 Å². The minimum absolute atomic E-state index is 0.195. The molecule has 0 fully saturated rings. The number of halogens is 1. The summed E-state index contributed by atoms with van der Waals surface area (Å²) >= 11 is 5.91. The predicted molar refractivity (Wildman–Crippen MR) is 111 cm³/mol. The maximum atomic E-state index is 12.7. The van der Waals surface area contributed by atoms with Gasteiger partial charge in [0.2, 0.25) is 0 Å².